The summed E-state index contributed by atoms with van der Waals surface area (Å²) in [7, 11) is 3.55. The number of rotatable bonds is 8. The highest BCUT2D eigenvalue weighted by atomic mass is 32.2. The maximum atomic E-state index is 12.1. The monoisotopic (exact) mass is 526 g/mol. The summed E-state index contributed by atoms with van der Waals surface area (Å²) in [5.74, 6) is -1.83. The molecule has 0 unspecified atom stereocenters. The van der Waals surface area contributed by atoms with E-state index in [0.717, 1.165) is 20.8 Å². The lowest BCUT2D eigenvalue weighted by molar-refractivity contribution is -0.500. The highest BCUT2D eigenvalue weighted by Gasteiger charge is 2.54. The van der Waals surface area contributed by atoms with Crippen molar-refractivity contribution < 1.29 is 38.3 Å². The Morgan fingerprint density at radius 3 is 2.19 bits per heavy atom. The molecule has 0 radical (unpaired) electrons. The van der Waals surface area contributed by atoms with Crippen molar-refractivity contribution in [2.45, 2.75) is 56.6 Å². The van der Waals surface area contributed by atoms with Gasteiger partial charge in [0.1, 0.15) is 0 Å². The van der Waals surface area contributed by atoms with Gasteiger partial charge in [-0.2, -0.15) is 0 Å². The first-order valence-corrected chi connectivity index (χ1v) is 11.9. The number of thioether (sulfide) groups is 1. The average Bonchev–Trinajstić information content (AvgIpc) is 3.19. The van der Waals surface area contributed by atoms with Crippen LogP contribution in [0.2, 0.25) is 0 Å². The molecule has 1 saturated heterocycles. The summed E-state index contributed by atoms with van der Waals surface area (Å²) >= 11 is 1.28. The number of hydrogen-bond donors (Lipinski definition) is 0. The average molecular weight is 527 g/mol. The van der Waals surface area contributed by atoms with E-state index in [9.17, 15) is 24.5 Å². The number of carbonyl (C=O) groups excluding carboxylic acids is 3. The number of aromatic nitrogens is 4. The van der Waals surface area contributed by atoms with Crippen LogP contribution >= 0.6 is 11.8 Å². The van der Waals surface area contributed by atoms with Crippen molar-refractivity contribution >= 4 is 46.7 Å². The number of hydrogen-bond acceptors (Lipinski definition) is 14. The zero-order valence-corrected chi connectivity index (χ0v) is 21.3. The number of carbonyl (C=O) groups is 3. The number of fused-ring (bicyclic) bond motifs is 1. The molecule has 0 N–H and O–H groups in total. The van der Waals surface area contributed by atoms with Crippen LogP contribution in [-0.2, 0) is 33.3 Å². The third-order valence-electron chi connectivity index (χ3n) is 5.11. The molecular formula is C20H26N6O9S. The number of nitro groups is 1. The number of anilines is 1. The first kappa shape index (κ1) is 27.1. The predicted molar refractivity (Wildman–Crippen MR) is 124 cm³/mol. The minimum absolute atomic E-state index is 0.285. The second-order valence-corrected chi connectivity index (χ2v) is 8.83. The van der Waals surface area contributed by atoms with Gasteiger partial charge in [0.15, 0.2) is 52.8 Å². The van der Waals surface area contributed by atoms with E-state index in [1.807, 2.05) is 0 Å². The lowest BCUT2D eigenvalue weighted by Gasteiger charge is -2.43. The van der Waals surface area contributed by atoms with Gasteiger partial charge < -0.3 is 23.8 Å². The molecule has 0 aromatic carbocycles. The molecule has 15 nitrogen and oxygen atoms in total. The lowest BCUT2D eigenvalue weighted by atomic mass is 9.96. The zero-order chi connectivity index (χ0) is 26.7. The van der Waals surface area contributed by atoms with Crippen molar-refractivity contribution in [3.63, 3.8) is 0 Å². The van der Waals surface area contributed by atoms with Gasteiger partial charge in [0.25, 0.3) is 0 Å². The molecule has 5 atom stereocenters. The maximum absolute atomic E-state index is 12.1. The van der Waals surface area contributed by atoms with Gasteiger partial charge in [0.2, 0.25) is 6.54 Å². The third-order valence-corrected chi connectivity index (χ3v) is 5.66. The summed E-state index contributed by atoms with van der Waals surface area (Å²) in [4.78, 5) is 61.7. The van der Waals surface area contributed by atoms with Gasteiger partial charge >= 0.3 is 17.9 Å². The van der Waals surface area contributed by atoms with E-state index in [0.29, 0.717) is 16.5 Å². The van der Waals surface area contributed by atoms with Crippen molar-refractivity contribution in [2.75, 3.05) is 31.8 Å². The molecule has 0 aliphatic carbocycles. The minimum atomic E-state index is -1.43. The van der Waals surface area contributed by atoms with E-state index in [4.69, 9.17) is 18.9 Å². The Balaban J connectivity index is 2.23. The molecule has 3 heterocycles. The second-order valence-electron chi connectivity index (χ2n) is 8.05. The van der Waals surface area contributed by atoms with Crippen LogP contribution in [0.4, 0.5) is 5.82 Å². The molecule has 16 heteroatoms. The van der Waals surface area contributed by atoms with E-state index < -0.39 is 60.0 Å². The fourth-order valence-electron chi connectivity index (χ4n) is 3.86. The molecule has 0 bridgehead atoms. The fourth-order valence-corrected chi connectivity index (χ4v) is 4.22. The van der Waals surface area contributed by atoms with Crippen molar-refractivity contribution in [3.05, 3.63) is 16.4 Å². The summed E-state index contributed by atoms with van der Waals surface area (Å²) in [5.41, 5.74) is 0.674. The first-order chi connectivity index (χ1) is 16.9. The van der Waals surface area contributed by atoms with Gasteiger partial charge in [-0.25, -0.2) is 15.0 Å². The third kappa shape index (κ3) is 5.81. The Morgan fingerprint density at radius 1 is 1.08 bits per heavy atom. The Morgan fingerprint density at radius 2 is 1.67 bits per heavy atom. The summed E-state index contributed by atoms with van der Waals surface area (Å²) in [6, 6.07) is 0. The molecule has 0 saturated carbocycles. The van der Waals surface area contributed by atoms with Gasteiger partial charge in [-0.05, 0) is 6.26 Å². The van der Waals surface area contributed by atoms with Crippen molar-refractivity contribution in [2.24, 2.45) is 0 Å². The number of nitrogens with zero attached hydrogens (tertiary/aromatic N) is 6. The van der Waals surface area contributed by atoms with Crippen LogP contribution in [0.1, 0.15) is 27.0 Å². The van der Waals surface area contributed by atoms with Crippen LogP contribution in [0.15, 0.2) is 11.5 Å². The summed E-state index contributed by atoms with van der Waals surface area (Å²) in [6.07, 6.45) is -3.72. The molecule has 1 aliphatic rings. The van der Waals surface area contributed by atoms with Gasteiger partial charge in [0, 0.05) is 39.8 Å². The van der Waals surface area contributed by atoms with Gasteiger partial charge in [-0.3, -0.25) is 29.1 Å². The molecule has 2 aromatic heterocycles. The van der Waals surface area contributed by atoms with Crippen LogP contribution in [0.5, 0.6) is 0 Å². The highest BCUT2D eigenvalue weighted by molar-refractivity contribution is 7.98. The van der Waals surface area contributed by atoms with Crippen molar-refractivity contribution in [3.8, 4) is 0 Å². The van der Waals surface area contributed by atoms with Crippen molar-refractivity contribution in [1.29, 1.82) is 0 Å². The maximum Gasteiger partial charge on any atom is 0.303 e. The fraction of sp³-hybridized carbons (Fsp3) is 0.600. The molecule has 0 spiro atoms. The standard InChI is InChI=1S/C20H26N6O9S/c1-9(27)32-14-12(7-26(30)31)35-19(16(34-11(3)29)15(14)33-10(2)28)25-8-21-13-17(24(4)5)22-20(36-6)23-18(13)25/h8,12,14-16,19H,7H2,1-6H3/t12-,14-,15+,16-,19-/m1/s1. The minimum Gasteiger partial charge on any atom is -0.455 e. The van der Waals surface area contributed by atoms with E-state index in [-0.39, 0.29) is 5.65 Å². The second kappa shape index (κ2) is 11.0. The summed E-state index contributed by atoms with van der Waals surface area (Å²) in [6.45, 7) is 2.54. The van der Waals surface area contributed by atoms with Crippen LogP contribution in [0.25, 0.3) is 11.2 Å². The van der Waals surface area contributed by atoms with E-state index >= 15 is 0 Å². The highest BCUT2D eigenvalue weighted by Crippen LogP contribution is 2.37. The smallest absolute Gasteiger partial charge is 0.303 e. The van der Waals surface area contributed by atoms with Crippen LogP contribution in [-0.4, -0.2) is 93.7 Å². The number of ether oxygens (including phenoxy) is 4. The summed E-state index contributed by atoms with van der Waals surface area (Å²) < 4.78 is 23.6. The van der Waals surface area contributed by atoms with Gasteiger partial charge in [0.05, 0.1) is 6.33 Å². The van der Waals surface area contributed by atoms with Crippen LogP contribution in [0.3, 0.4) is 0 Å². The Hall–Kier alpha value is -3.53. The molecule has 196 valence electrons. The van der Waals surface area contributed by atoms with E-state index in [1.54, 1.807) is 25.3 Å². The van der Waals surface area contributed by atoms with Crippen LogP contribution in [0, 0.1) is 10.1 Å². The number of imidazole rings is 1. The van der Waals surface area contributed by atoms with E-state index in [2.05, 4.69) is 15.0 Å². The van der Waals surface area contributed by atoms with Crippen LogP contribution < -0.4 is 4.90 Å². The molecular weight excluding hydrogens is 500 g/mol. The first-order valence-electron chi connectivity index (χ1n) is 10.7. The molecule has 3 rings (SSSR count). The molecule has 0 amide bonds. The summed E-state index contributed by atoms with van der Waals surface area (Å²) in [5, 5.41) is 11.8. The molecule has 36 heavy (non-hydrogen) atoms. The lowest BCUT2D eigenvalue weighted by Crippen LogP contribution is -2.60. The predicted octanol–water partition coefficient (Wildman–Crippen LogP) is 0.583. The van der Waals surface area contributed by atoms with Gasteiger partial charge in [-0.15, -0.1) is 0 Å². The largest absolute Gasteiger partial charge is 0.455 e. The Labute approximate surface area is 209 Å². The SMILES string of the molecule is CSc1nc(N(C)C)c2ncn([C@@H]3O[C@H](C[N+](=O)[O-])[C@@H](OC(C)=O)[C@H](OC(C)=O)[C@H]3OC(C)=O)c2n1. The Kier molecular flexibility index (Phi) is 8.29. The number of esters is 3. The van der Waals surface area contributed by atoms with Crippen molar-refractivity contribution in [1.82, 2.24) is 19.5 Å². The zero-order valence-electron chi connectivity index (χ0n) is 20.4. The normalized spacial score (nSPS) is 23.7. The molecule has 2 aromatic rings. The molecule has 1 aliphatic heterocycles. The molecule has 1 fully saturated rings. The van der Waals surface area contributed by atoms with Gasteiger partial charge in [-0.1, -0.05) is 11.8 Å². The van der Waals surface area contributed by atoms with E-state index in [1.165, 1.54) is 22.7 Å². The topological polar surface area (TPSA) is 178 Å². The Bertz CT molecular complexity index is 1170. The quantitative estimate of drug-likeness (QED) is 0.116.